The normalized spacial score (nSPS) is 23.6. The van der Waals surface area contributed by atoms with Gasteiger partial charge in [-0.2, -0.15) is 24.9 Å². The molecular formula is C12H21F3N2OS. The van der Waals surface area contributed by atoms with Crippen LogP contribution in [0.25, 0.3) is 0 Å². The van der Waals surface area contributed by atoms with E-state index < -0.39 is 17.5 Å². The highest BCUT2D eigenvalue weighted by molar-refractivity contribution is 7.98. The Morgan fingerprint density at radius 2 is 2.11 bits per heavy atom. The lowest BCUT2D eigenvalue weighted by Crippen LogP contribution is -2.52. The molecule has 7 heteroatoms. The van der Waals surface area contributed by atoms with Crippen LogP contribution in [0.3, 0.4) is 0 Å². The van der Waals surface area contributed by atoms with Gasteiger partial charge in [-0.05, 0) is 37.8 Å². The van der Waals surface area contributed by atoms with E-state index in [-0.39, 0.29) is 19.5 Å². The van der Waals surface area contributed by atoms with Crippen LogP contribution in [0.5, 0.6) is 0 Å². The molecule has 1 unspecified atom stereocenters. The largest absolute Gasteiger partial charge is 0.404 e. The second-order valence-electron chi connectivity index (χ2n) is 4.82. The fourth-order valence-corrected chi connectivity index (χ4v) is 2.67. The highest BCUT2D eigenvalue weighted by Gasteiger charge is 2.61. The van der Waals surface area contributed by atoms with E-state index in [2.05, 4.69) is 10.6 Å². The lowest BCUT2D eigenvalue weighted by molar-refractivity contribution is -0.216. The van der Waals surface area contributed by atoms with Gasteiger partial charge in [-0.25, -0.2) is 0 Å². The van der Waals surface area contributed by atoms with Crippen molar-refractivity contribution in [1.29, 1.82) is 0 Å². The van der Waals surface area contributed by atoms with Crippen LogP contribution in [0.15, 0.2) is 0 Å². The van der Waals surface area contributed by atoms with Crippen molar-refractivity contribution in [2.75, 3.05) is 31.6 Å². The van der Waals surface area contributed by atoms with Crippen molar-refractivity contribution >= 4 is 17.7 Å². The summed E-state index contributed by atoms with van der Waals surface area (Å²) in [5.74, 6) is 0.166. The molecule has 0 aromatic heterocycles. The molecule has 1 saturated heterocycles. The van der Waals surface area contributed by atoms with E-state index in [1.165, 1.54) is 0 Å². The number of hydrogen-bond acceptors (Lipinski definition) is 3. The number of carbonyl (C=O) groups is 1. The Balaban J connectivity index is 2.38. The predicted octanol–water partition coefficient (Wildman–Crippen LogP) is 2.18. The Morgan fingerprint density at radius 3 is 2.63 bits per heavy atom. The maximum atomic E-state index is 13.0. The SMILES string of the molecule is CSCCCCCNC(=O)C1(C(F)(F)F)CCNC1. The van der Waals surface area contributed by atoms with Gasteiger partial charge in [0.2, 0.25) is 5.91 Å². The summed E-state index contributed by atoms with van der Waals surface area (Å²) in [6.45, 7) is 0.251. The van der Waals surface area contributed by atoms with Gasteiger partial charge in [0.05, 0.1) is 0 Å². The summed E-state index contributed by atoms with van der Waals surface area (Å²) in [6, 6.07) is 0. The summed E-state index contributed by atoms with van der Waals surface area (Å²) in [7, 11) is 0. The third-order valence-electron chi connectivity index (χ3n) is 3.44. The molecule has 1 rings (SSSR count). The summed E-state index contributed by atoms with van der Waals surface area (Å²) in [5.41, 5.74) is -2.23. The average molecular weight is 298 g/mol. The molecule has 1 aliphatic heterocycles. The number of hydrogen-bond donors (Lipinski definition) is 2. The van der Waals surface area contributed by atoms with Crippen molar-refractivity contribution in [1.82, 2.24) is 10.6 Å². The monoisotopic (exact) mass is 298 g/mol. The summed E-state index contributed by atoms with van der Waals surface area (Å²) in [6.07, 6.45) is 0.0469. The number of halogens is 3. The maximum Gasteiger partial charge on any atom is 0.404 e. The molecule has 0 saturated carbocycles. The molecule has 112 valence electrons. The minimum absolute atomic E-state index is 0.172. The minimum Gasteiger partial charge on any atom is -0.355 e. The summed E-state index contributed by atoms with van der Waals surface area (Å²) in [4.78, 5) is 11.8. The Bertz CT molecular complexity index is 291. The number of carbonyl (C=O) groups excluding carboxylic acids is 1. The van der Waals surface area contributed by atoms with Crippen LogP contribution in [0.1, 0.15) is 25.7 Å². The van der Waals surface area contributed by atoms with E-state index >= 15 is 0 Å². The van der Waals surface area contributed by atoms with Crippen LogP contribution in [0, 0.1) is 5.41 Å². The predicted molar refractivity (Wildman–Crippen MR) is 71.2 cm³/mol. The van der Waals surface area contributed by atoms with E-state index in [1.54, 1.807) is 11.8 Å². The summed E-state index contributed by atoms with van der Waals surface area (Å²) in [5, 5.41) is 5.08. The molecule has 0 spiro atoms. The Hall–Kier alpha value is -0.430. The second kappa shape index (κ2) is 7.38. The van der Waals surface area contributed by atoms with E-state index in [1.807, 2.05) is 6.26 Å². The molecule has 0 aliphatic carbocycles. The smallest absolute Gasteiger partial charge is 0.355 e. The zero-order valence-corrected chi connectivity index (χ0v) is 11.9. The van der Waals surface area contributed by atoms with Gasteiger partial charge in [-0.15, -0.1) is 0 Å². The Morgan fingerprint density at radius 1 is 1.37 bits per heavy atom. The number of nitrogens with one attached hydrogen (secondary N) is 2. The molecular weight excluding hydrogens is 277 g/mol. The molecule has 1 amide bonds. The van der Waals surface area contributed by atoms with E-state index in [0.717, 1.165) is 25.0 Å². The first kappa shape index (κ1) is 16.6. The van der Waals surface area contributed by atoms with Crippen LogP contribution in [-0.4, -0.2) is 43.7 Å². The standard InChI is InChI=1S/C12H21F3N2OS/c1-19-8-4-2-3-6-17-10(18)11(12(13,14)15)5-7-16-9-11/h16H,2-9H2,1H3,(H,17,18). The number of alkyl halides is 3. The molecule has 3 nitrogen and oxygen atoms in total. The Kier molecular flexibility index (Phi) is 6.46. The van der Waals surface area contributed by atoms with Gasteiger partial charge in [0.15, 0.2) is 5.41 Å². The van der Waals surface area contributed by atoms with Gasteiger partial charge in [-0.1, -0.05) is 6.42 Å². The first-order valence-corrected chi connectivity index (χ1v) is 7.88. The third kappa shape index (κ3) is 4.27. The molecule has 1 fully saturated rings. The number of amides is 1. The molecule has 2 N–H and O–H groups in total. The minimum atomic E-state index is -4.49. The maximum absolute atomic E-state index is 13.0. The molecule has 1 aliphatic rings. The van der Waals surface area contributed by atoms with Gasteiger partial charge in [-0.3, -0.25) is 4.79 Å². The first-order chi connectivity index (χ1) is 8.94. The van der Waals surface area contributed by atoms with Gasteiger partial charge < -0.3 is 10.6 Å². The molecule has 0 radical (unpaired) electrons. The van der Waals surface area contributed by atoms with Crippen molar-refractivity contribution < 1.29 is 18.0 Å². The van der Waals surface area contributed by atoms with Crippen LogP contribution < -0.4 is 10.6 Å². The van der Waals surface area contributed by atoms with Crippen molar-refractivity contribution in [3.63, 3.8) is 0 Å². The highest BCUT2D eigenvalue weighted by atomic mass is 32.2. The lowest BCUT2D eigenvalue weighted by Gasteiger charge is -2.29. The zero-order chi connectivity index (χ0) is 14.4. The first-order valence-electron chi connectivity index (χ1n) is 6.49. The average Bonchev–Trinajstić information content (AvgIpc) is 2.83. The van der Waals surface area contributed by atoms with Crippen molar-refractivity contribution in [3.8, 4) is 0 Å². The molecule has 0 bridgehead atoms. The van der Waals surface area contributed by atoms with Gasteiger partial charge in [0.1, 0.15) is 0 Å². The topological polar surface area (TPSA) is 41.1 Å². The van der Waals surface area contributed by atoms with Crippen LogP contribution in [0.4, 0.5) is 13.2 Å². The van der Waals surface area contributed by atoms with Crippen LogP contribution >= 0.6 is 11.8 Å². The molecule has 1 heterocycles. The van der Waals surface area contributed by atoms with Crippen molar-refractivity contribution in [2.45, 2.75) is 31.9 Å². The number of rotatable bonds is 7. The van der Waals surface area contributed by atoms with Gasteiger partial charge >= 0.3 is 6.18 Å². The van der Waals surface area contributed by atoms with Crippen molar-refractivity contribution in [2.24, 2.45) is 5.41 Å². The third-order valence-corrected chi connectivity index (χ3v) is 4.14. The molecule has 0 aromatic carbocycles. The van der Waals surface area contributed by atoms with E-state index in [4.69, 9.17) is 0 Å². The zero-order valence-electron chi connectivity index (χ0n) is 11.1. The van der Waals surface area contributed by atoms with E-state index in [9.17, 15) is 18.0 Å². The number of unbranched alkanes of at least 4 members (excludes halogenated alkanes) is 2. The Labute approximate surface area is 116 Å². The number of thioether (sulfide) groups is 1. The summed E-state index contributed by atoms with van der Waals surface area (Å²) < 4.78 is 39.1. The lowest BCUT2D eigenvalue weighted by atomic mass is 9.85. The quantitative estimate of drug-likeness (QED) is 0.708. The van der Waals surface area contributed by atoms with Crippen molar-refractivity contribution in [3.05, 3.63) is 0 Å². The molecule has 0 aromatic rings. The summed E-state index contributed by atoms with van der Waals surface area (Å²) >= 11 is 1.74. The van der Waals surface area contributed by atoms with Crippen LogP contribution in [0.2, 0.25) is 0 Å². The van der Waals surface area contributed by atoms with E-state index in [0.29, 0.717) is 6.54 Å². The fourth-order valence-electron chi connectivity index (χ4n) is 2.18. The van der Waals surface area contributed by atoms with Gasteiger partial charge in [0, 0.05) is 13.1 Å². The molecule has 19 heavy (non-hydrogen) atoms. The van der Waals surface area contributed by atoms with Crippen LogP contribution in [-0.2, 0) is 4.79 Å². The highest BCUT2D eigenvalue weighted by Crippen LogP contribution is 2.43. The second-order valence-corrected chi connectivity index (χ2v) is 5.80. The fraction of sp³-hybridized carbons (Fsp3) is 0.917. The van der Waals surface area contributed by atoms with Gasteiger partial charge in [0.25, 0.3) is 0 Å². The molecule has 1 atom stereocenters.